The van der Waals surface area contributed by atoms with Gasteiger partial charge in [0.1, 0.15) is 42.6 Å². The summed E-state index contributed by atoms with van der Waals surface area (Å²) >= 11 is 0. The summed E-state index contributed by atoms with van der Waals surface area (Å²) in [5.74, 6) is -1.26. The van der Waals surface area contributed by atoms with E-state index in [0.29, 0.717) is 0 Å². The molecular formula is C28H35N3O14. The van der Waals surface area contributed by atoms with Gasteiger partial charge in [-0.15, -0.1) is 0 Å². The maximum atomic E-state index is 12.5. The first-order valence-electron chi connectivity index (χ1n) is 13.7. The zero-order valence-electron chi connectivity index (χ0n) is 25.5. The molecule has 246 valence electrons. The van der Waals surface area contributed by atoms with Crippen LogP contribution in [0.2, 0.25) is 0 Å². The minimum atomic E-state index is -1.10. The van der Waals surface area contributed by atoms with E-state index in [9.17, 15) is 29.3 Å². The number of benzene rings is 1. The van der Waals surface area contributed by atoms with E-state index in [2.05, 4.69) is 10.3 Å². The molecule has 0 bridgehead atoms. The number of amides is 1. The summed E-state index contributed by atoms with van der Waals surface area (Å²) in [6.45, 7) is 7.68. The topological polar surface area (TPSA) is 210 Å². The van der Waals surface area contributed by atoms with E-state index in [4.69, 9.17) is 37.9 Å². The average Bonchev–Trinajstić information content (AvgIpc) is 3.38. The quantitative estimate of drug-likeness (QED) is 0.0569. The van der Waals surface area contributed by atoms with E-state index in [1.54, 1.807) is 34.6 Å². The first kappa shape index (κ1) is 34.6. The minimum absolute atomic E-state index is 0.0232. The van der Waals surface area contributed by atoms with E-state index in [-0.39, 0.29) is 42.9 Å². The molecule has 1 aromatic rings. The van der Waals surface area contributed by atoms with Crippen LogP contribution in [-0.4, -0.2) is 92.0 Å². The average molecular weight is 638 g/mol. The Kier molecular flexibility index (Phi) is 11.7. The number of cyclic esters (lactones) is 2. The molecule has 1 fully saturated rings. The molecule has 5 atom stereocenters. The number of amidine groups is 1. The van der Waals surface area contributed by atoms with Gasteiger partial charge in [0.2, 0.25) is 5.76 Å². The summed E-state index contributed by atoms with van der Waals surface area (Å²) in [6.07, 6.45) is -4.34. The normalized spacial score (nSPS) is 22.0. The van der Waals surface area contributed by atoms with Crippen LogP contribution in [0.25, 0.3) is 0 Å². The number of nitro groups is 1. The highest BCUT2D eigenvalue weighted by Gasteiger charge is 2.46. The van der Waals surface area contributed by atoms with E-state index in [1.807, 2.05) is 0 Å². The largest absolute Gasteiger partial charge is 0.513 e. The number of hydrogen-bond acceptors (Lipinski definition) is 14. The summed E-state index contributed by atoms with van der Waals surface area (Å²) in [7, 11) is 1.17. The number of ether oxygens (including phenoxy) is 8. The van der Waals surface area contributed by atoms with Crippen molar-refractivity contribution in [3.05, 3.63) is 46.2 Å². The van der Waals surface area contributed by atoms with Crippen LogP contribution < -0.4 is 10.1 Å². The van der Waals surface area contributed by atoms with Crippen molar-refractivity contribution in [2.75, 3.05) is 26.9 Å². The Labute approximate surface area is 257 Å². The van der Waals surface area contributed by atoms with Gasteiger partial charge in [0, 0.05) is 18.1 Å². The highest BCUT2D eigenvalue weighted by molar-refractivity contribution is 5.91. The van der Waals surface area contributed by atoms with Crippen LogP contribution in [0.3, 0.4) is 0 Å². The molecule has 2 aliphatic rings. The van der Waals surface area contributed by atoms with Crippen molar-refractivity contribution in [1.29, 1.82) is 0 Å². The number of nitro benzene ring substituents is 1. The Hall–Kier alpha value is -4.93. The number of methoxy groups -OCH3 is 1. The minimum Gasteiger partial charge on any atom is -0.480 e. The number of nitrogens with one attached hydrogen (secondary N) is 1. The van der Waals surface area contributed by atoms with Gasteiger partial charge in [-0.2, -0.15) is 4.99 Å². The molecule has 1 saturated heterocycles. The Morgan fingerprint density at radius 3 is 2.42 bits per heavy atom. The monoisotopic (exact) mass is 637 g/mol. The summed E-state index contributed by atoms with van der Waals surface area (Å²) < 4.78 is 42.2. The molecule has 45 heavy (non-hydrogen) atoms. The lowest BCUT2D eigenvalue weighted by Crippen LogP contribution is -2.54. The summed E-state index contributed by atoms with van der Waals surface area (Å²) in [5, 5.41) is 13.8. The molecule has 1 aromatic carbocycles. The zero-order chi connectivity index (χ0) is 33.3. The lowest BCUT2D eigenvalue weighted by Gasteiger charge is -2.40. The van der Waals surface area contributed by atoms with Gasteiger partial charge < -0.3 is 43.2 Å². The maximum Gasteiger partial charge on any atom is 0.513 e. The fourth-order valence-electron chi connectivity index (χ4n) is 4.25. The van der Waals surface area contributed by atoms with Crippen LogP contribution in [0.15, 0.2) is 41.1 Å². The predicted molar refractivity (Wildman–Crippen MR) is 151 cm³/mol. The smallest absolute Gasteiger partial charge is 0.480 e. The van der Waals surface area contributed by atoms with Gasteiger partial charge >= 0.3 is 24.4 Å². The number of carbonyl (C=O) groups excluding carboxylic acids is 4. The second kappa shape index (κ2) is 15.2. The SMILES string of the molecule is COC(=O)C1=C[C@H](N/C(C)=N\C(=O)OC(C)(C)C)[C@@H](C)[C@H]([C@H](OCCOC(=O)Oc2ccc([N+](=O)[O-])cc2)[C@H]2COC(=O)O2)O1. The fourth-order valence-corrected chi connectivity index (χ4v) is 4.25. The molecule has 0 saturated carbocycles. The number of rotatable bonds is 10. The van der Waals surface area contributed by atoms with Crippen molar-refractivity contribution >= 4 is 35.9 Å². The third-order valence-electron chi connectivity index (χ3n) is 6.26. The Morgan fingerprint density at radius 1 is 1.16 bits per heavy atom. The number of nitrogens with zero attached hydrogens (tertiary/aromatic N) is 2. The lowest BCUT2D eigenvalue weighted by molar-refractivity contribution is -0.384. The summed E-state index contributed by atoms with van der Waals surface area (Å²) in [4.78, 5) is 62.7. The van der Waals surface area contributed by atoms with Gasteiger partial charge in [0.05, 0.1) is 24.7 Å². The molecule has 2 aliphatic heterocycles. The van der Waals surface area contributed by atoms with Crippen molar-refractivity contribution in [1.82, 2.24) is 5.32 Å². The molecule has 0 radical (unpaired) electrons. The third-order valence-corrected chi connectivity index (χ3v) is 6.26. The molecule has 1 N–H and O–H groups in total. The molecule has 17 heteroatoms. The lowest BCUT2D eigenvalue weighted by atomic mass is 9.87. The van der Waals surface area contributed by atoms with Gasteiger partial charge in [0.15, 0.2) is 6.10 Å². The Morgan fingerprint density at radius 2 is 1.84 bits per heavy atom. The molecule has 0 aliphatic carbocycles. The zero-order valence-corrected chi connectivity index (χ0v) is 25.5. The molecule has 2 heterocycles. The molecule has 0 spiro atoms. The second-order valence-electron chi connectivity index (χ2n) is 10.8. The number of esters is 1. The number of carbonyl (C=O) groups is 4. The van der Waals surface area contributed by atoms with Crippen molar-refractivity contribution < 1.29 is 62.0 Å². The summed E-state index contributed by atoms with van der Waals surface area (Å²) in [6, 6.07) is 4.15. The maximum absolute atomic E-state index is 12.5. The van der Waals surface area contributed by atoms with Crippen molar-refractivity contribution in [3.63, 3.8) is 0 Å². The summed E-state index contributed by atoms with van der Waals surface area (Å²) in [5.41, 5.74) is -0.939. The molecule has 1 amide bonds. The van der Waals surface area contributed by atoms with Gasteiger partial charge in [-0.3, -0.25) is 10.1 Å². The van der Waals surface area contributed by atoms with Crippen LogP contribution >= 0.6 is 0 Å². The van der Waals surface area contributed by atoms with E-state index in [1.165, 1.54) is 25.3 Å². The van der Waals surface area contributed by atoms with E-state index < -0.39 is 65.2 Å². The number of hydrogen-bond donors (Lipinski definition) is 1. The molecule has 0 aromatic heterocycles. The number of aliphatic imine (C=N–C) groups is 1. The molecular weight excluding hydrogens is 602 g/mol. The second-order valence-corrected chi connectivity index (χ2v) is 10.8. The highest BCUT2D eigenvalue weighted by atomic mass is 16.8. The van der Waals surface area contributed by atoms with Gasteiger partial charge in [-0.05, 0) is 45.9 Å². The standard InChI is InChI=1S/C28H35N3O14/c1-15-19(29-16(2)30-25(33)45-28(3,4)5)13-20(24(32)38-6)43-22(15)23(21-14-41-27(35)44-21)39-11-12-40-26(34)42-18-9-7-17(8-10-18)31(36)37/h7-10,13,15,19,21-23H,11-12,14H2,1-6H3,(H,29,30,33)/t15-,19+,21-,22-,23-/m1/s1. The van der Waals surface area contributed by atoms with Gasteiger partial charge in [-0.25, -0.2) is 19.2 Å². The van der Waals surface area contributed by atoms with Crippen molar-refractivity contribution in [2.45, 2.75) is 64.6 Å². The van der Waals surface area contributed by atoms with Crippen LogP contribution in [0.1, 0.15) is 34.6 Å². The third kappa shape index (κ3) is 10.3. The molecule has 17 nitrogen and oxygen atoms in total. The van der Waals surface area contributed by atoms with Gasteiger partial charge in [0.25, 0.3) is 5.69 Å². The van der Waals surface area contributed by atoms with Crippen LogP contribution in [-0.2, 0) is 38.0 Å². The Balaban J connectivity index is 1.71. The van der Waals surface area contributed by atoms with E-state index in [0.717, 1.165) is 12.1 Å². The van der Waals surface area contributed by atoms with E-state index >= 15 is 0 Å². The Bertz CT molecular complexity index is 1320. The van der Waals surface area contributed by atoms with Crippen LogP contribution in [0, 0.1) is 16.0 Å². The molecule has 3 rings (SSSR count). The van der Waals surface area contributed by atoms with Crippen molar-refractivity contribution in [3.8, 4) is 5.75 Å². The first-order chi connectivity index (χ1) is 21.2. The number of non-ortho nitro benzene ring substituents is 1. The fraction of sp³-hybridized carbons (Fsp3) is 0.536. The van der Waals surface area contributed by atoms with Crippen LogP contribution in [0.4, 0.5) is 20.1 Å². The first-order valence-corrected chi connectivity index (χ1v) is 13.7. The predicted octanol–water partition coefficient (Wildman–Crippen LogP) is 3.43. The van der Waals surface area contributed by atoms with Crippen LogP contribution in [0.5, 0.6) is 5.75 Å². The molecule has 0 unspecified atom stereocenters. The van der Waals surface area contributed by atoms with Crippen molar-refractivity contribution in [2.24, 2.45) is 10.9 Å². The highest BCUT2D eigenvalue weighted by Crippen LogP contribution is 2.31. The van der Waals surface area contributed by atoms with Gasteiger partial charge in [-0.1, -0.05) is 6.92 Å².